The first-order valence-electron chi connectivity index (χ1n) is 10.6. The van der Waals surface area contributed by atoms with Crippen LogP contribution in [-0.2, 0) is 23.1 Å². The molecule has 2 aromatic rings. The Morgan fingerprint density at radius 1 is 1.38 bits per heavy atom. The molecule has 1 unspecified atom stereocenters. The molecule has 1 aliphatic rings. The largest absolute Gasteiger partial charge is 0.374 e. The fraction of sp³-hybridized carbons (Fsp3) is 0.435. The van der Waals surface area contributed by atoms with Crippen molar-refractivity contribution in [3.05, 3.63) is 63.6 Å². The zero-order valence-electron chi connectivity index (χ0n) is 18.3. The second-order valence-electron chi connectivity index (χ2n) is 7.96. The summed E-state index contributed by atoms with van der Waals surface area (Å²) in [6, 6.07) is 4.19. The highest BCUT2D eigenvalue weighted by Gasteiger charge is 2.29. The van der Waals surface area contributed by atoms with Crippen LogP contribution in [0.3, 0.4) is 0 Å². The molecule has 32 heavy (non-hydrogen) atoms. The molecule has 1 aromatic carbocycles. The van der Waals surface area contributed by atoms with Crippen molar-refractivity contribution in [3.8, 4) is 5.75 Å². The molecule has 0 bridgehead atoms. The van der Waals surface area contributed by atoms with Gasteiger partial charge in [-0.25, -0.2) is 9.37 Å². The van der Waals surface area contributed by atoms with E-state index in [-0.39, 0.29) is 24.5 Å². The predicted octanol–water partition coefficient (Wildman–Crippen LogP) is 3.86. The van der Waals surface area contributed by atoms with Crippen molar-refractivity contribution in [1.29, 1.82) is 0 Å². The third kappa shape index (κ3) is 5.32. The van der Waals surface area contributed by atoms with Crippen LogP contribution >= 0.6 is 0 Å². The number of fused-ring (bicyclic) bond motifs is 1. The van der Waals surface area contributed by atoms with Gasteiger partial charge in [0.1, 0.15) is 11.6 Å². The standard InChI is InChI=1S/C23H27FN2O5S/c1-4-15-8-6-7-13-26-22(15)25-20(21(23(26)28)31-32(3,29)30)19(27)12-10-17-9-11-18(24)14-16(17)5-2/h5,9,11,14-15H,2,4,6-8,10,12-13H2,1,3H3. The highest BCUT2D eigenvalue weighted by molar-refractivity contribution is 7.86. The number of nitrogens with zero attached hydrogens (tertiary/aromatic N) is 2. The van der Waals surface area contributed by atoms with Gasteiger partial charge in [-0.3, -0.25) is 14.2 Å². The monoisotopic (exact) mass is 462 g/mol. The first-order chi connectivity index (χ1) is 15.1. The number of hydrogen-bond acceptors (Lipinski definition) is 6. The maximum absolute atomic E-state index is 13.5. The van der Waals surface area contributed by atoms with Gasteiger partial charge in [-0.1, -0.05) is 32.1 Å². The Bertz CT molecular complexity index is 1200. The number of hydrogen-bond donors (Lipinski definition) is 0. The number of benzene rings is 1. The molecule has 0 fully saturated rings. The Morgan fingerprint density at radius 3 is 2.78 bits per heavy atom. The summed E-state index contributed by atoms with van der Waals surface area (Å²) in [5.74, 6) is -0.991. The van der Waals surface area contributed by atoms with Crippen molar-refractivity contribution in [2.24, 2.45) is 0 Å². The number of aryl methyl sites for hydroxylation is 1. The lowest BCUT2D eigenvalue weighted by molar-refractivity contribution is 0.0975. The highest BCUT2D eigenvalue weighted by Crippen LogP contribution is 2.29. The second-order valence-corrected chi connectivity index (χ2v) is 9.54. The van der Waals surface area contributed by atoms with Gasteiger partial charge in [-0.2, -0.15) is 8.42 Å². The van der Waals surface area contributed by atoms with Crippen LogP contribution < -0.4 is 9.74 Å². The van der Waals surface area contributed by atoms with E-state index in [0.29, 0.717) is 23.5 Å². The van der Waals surface area contributed by atoms with Gasteiger partial charge >= 0.3 is 10.1 Å². The molecule has 3 rings (SSSR count). The van der Waals surface area contributed by atoms with E-state index in [0.717, 1.165) is 31.9 Å². The molecule has 1 atom stereocenters. The molecule has 7 nitrogen and oxygen atoms in total. The van der Waals surface area contributed by atoms with E-state index in [2.05, 4.69) is 11.6 Å². The summed E-state index contributed by atoms with van der Waals surface area (Å²) in [5.41, 5.74) is 0.344. The molecule has 0 spiro atoms. The maximum atomic E-state index is 13.5. The van der Waals surface area contributed by atoms with Crippen LogP contribution in [0.25, 0.3) is 6.08 Å². The zero-order valence-corrected chi connectivity index (χ0v) is 19.1. The van der Waals surface area contributed by atoms with E-state index in [1.165, 1.54) is 22.8 Å². The third-order valence-electron chi connectivity index (χ3n) is 5.65. The summed E-state index contributed by atoms with van der Waals surface area (Å²) < 4.78 is 43.5. The molecular weight excluding hydrogens is 435 g/mol. The smallest absolute Gasteiger partial charge is 0.306 e. The number of carbonyl (C=O) groups is 1. The van der Waals surface area contributed by atoms with Gasteiger partial charge in [-0.15, -0.1) is 0 Å². The van der Waals surface area contributed by atoms with Crippen LogP contribution in [0.15, 0.2) is 29.6 Å². The second kappa shape index (κ2) is 9.77. The molecule has 0 saturated carbocycles. The number of carbonyl (C=O) groups excluding carboxylic acids is 1. The topological polar surface area (TPSA) is 95.3 Å². The lowest BCUT2D eigenvalue weighted by atomic mass is 9.98. The van der Waals surface area contributed by atoms with Gasteiger partial charge < -0.3 is 4.18 Å². The number of halogens is 1. The first-order valence-corrected chi connectivity index (χ1v) is 12.4. The van der Waals surface area contributed by atoms with Crippen LogP contribution in [0, 0.1) is 5.82 Å². The Labute approximate surface area is 187 Å². The van der Waals surface area contributed by atoms with E-state index in [9.17, 15) is 22.4 Å². The molecular formula is C23H27FN2O5S. The maximum Gasteiger partial charge on any atom is 0.306 e. The number of rotatable bonds is 8. The number of Topliss-reactive ketones (excluding diaryl/α,β-unsaturated/α-hetero) is 1. The van der Waals surface area contributed by atoms with Gasteiger partial charge in [0.05, 0.1) is 6.26 Å². The van der Waals surface area contributed by atoms with E-state index in [1.807, 2.05) is 6.92 Å². The lowest BCUT2D eigenvalue weighted by Crippen LogP contribution is -2.31. The Kier molecular flexibility index (Phi) is 7.28. The minimum absolute atomic E-state index is 0.00602. The molecule has 9 heteroatoms. The minimum atomic E-state index is -4.05. The van der Waals surface area contributed by atoms with Crippen molar-refractivity contribution >= 4 is 22.0 Å². The first kappa shape index (κ1) is 23.8. The van der Waals surface area contributed by atoms with Crippen molar-refractivity contribution in [2.75, 3.05) is 6.26 Å². The highest BCUT2D eigenvalue weighted by atomic mass is 32.2. The fourth-order valence-corrected chi connectivity index (χ4v) is 4.48. The molecule has 0 radical (unpaired) electrons. The van der Waals surface area contributed by atoms with Gasteiger partial charge in [0.15, 0.2) is 11.5 Å². The third-order valence-corrected chi connectivity index (χ3v) is 6.12. The molecule has 0 aliphatic carbocycles. The summed E-state index contributed by atoms with van der Waals surface area (Å²) in [6.45, 7) is 6.04. The lowest BCUT2D eigenvalue weighted by Gasteiger charge is -2.18. The molecule has 1 aliphatic heterocycles. The van der Waals surface area contributed by atoms with Gasteiger partial charge in [0.25, 0.3) is 5.56 Å². The average molecular weight is 463 g/mol. The van der Waals surface area contributed by atoms with Crippen LogP contribution in [0.4, 0.5) is 4.39 Å². The summed E-state index contributed by atoms with van der Waals surface area (Å²) in [5, 5.41) is 0. The zero-order chi connectivity index (χ0) is 23.5. The number of aromatic nitrogens is 2. The van der Waals surface area contributed by atoms with Crippen molar-refractivity contribution in [3.63, 3.8) is 0 Å². The van der Waals surface area contributed by atoms with E-state index < -0.39 is 33.0 Å². The van der Waals surface area contributed by atoms with Gasteiger partial charge in [-0.05, 0) is 48.9 Å². The summed E-state index contributed by atoms with van der Waals surface area (Å²) in [7, 11) is -4.05. The summed E-state index contributed by atoms with van der Waals surface area (Å²) in [6.07, 6.45) is 5.75. The van der Waals surface area contributed by atoms with Crippen LogP contribution in [-0.4, -0.2) is 30.0 Å². The normalized spacial score (nSPS) is 16.2. The predicted molar refractivity (Wildman–Crippen MR) is 120 cm³/mol. The quantitative estimate of drug-likeness (QED) is 0.437. The molecule has 1 aromatic heterocycles. The van der Waals surface area contributed by atoms with E-state index in [1.54, 1.807) is 6.07 Å². The van der Waals surface area contributed by atoms with Crippen LogP contribution in [0.5, 0.6) is 5.75 Å². The Hall–Kier alpha value is -2.81. The SMILES string of the molecule is C=Cc1cc(F)ccc1CCC(=O)c1nc2n(c(=O)c1OS(C)(=O)=O)CCCCC2CC. The van der Waals surface area contributed by atoms with Crippen molar-refractivity contribution in [2.45, 2.75) is 57.9 Å². The fourth-order valence-electron chi connectivity index (χ4n) is 4.02. The van der Waals surface area contributed by atoms with E-state index in [4.69, 9.17) is 4.18 Å². The van der Waals surface area contributed by atoms with Gasteiger partial charge in [0, 0.05) is 18.9 Å². The molecule has 0 saturated heterocycles. The Balaban J connectivity index is 2.04. The van der Waals surface area contributed by atoms with Crippen LogP contribution in [0.2, 0.25) is 0 Å². The summed E-state index contributed by atoms with van der Waals surface area (Å²) >= 11 is 0. The molecule has 2 heterocycles. The molecule has 172 valence electrons. The molecule has 0 amide bonds. The minimum Gasteiger partial charge on any atom is -0.374 e. The van der Waals surface area contributed by atoms with E-state index >= 15 is 0 Å². The molecule has 0 N–H and O–H groups in total. The van der Waals surface area contributed by atoms with Crippen molar-refractivity contribution < 1.29 is 21.8 Å². The summed E-state index contributed by atoms with van der Waals surface area (Å²) in [4.78, 5) is 30.8. The van der Waals surface area contributed by atoms with Crippen LogP contribution in [0.1, 0.15) is 72.4 Å². The number of ketones is 1. The van der Waals surface area contributed by atoms with Crippen molar-refractivity contribution in [1.82, 2.24) is 9.55 Å². The van der Waals surface area contributed by atoms with Gasteiger partial charge in [0.2, 0.25) is 5.75 Å². The average Bonchev–Trinajstić information content (AvgIpc) is 2.95. The Morgan fingerprint density at radius 2 is 2.12 bits per heavy atom.